The molecule has 0 spiro atoms. The van der Waals surface area contributed by atoms with Crippen molar-refractivity contribution >= 4 is 0 Å². The van der Waals surface area contributed by atoms with Crippen LogP contribution in [0.25, 0.3) is 22.3 Å². The van der Waals surface area contributed by atoms with Gasteiger partial charge in [-0.25, -0.2) is 0 Å². The van der Waals surface area contributed by atoms with E-state index >= 15 is 0 Å². The summed E-state index contributed by atoms with van der Waals surface area (Å²) in [7, 11) is 1.95. The molecule has 4 rings (SSSR count). The molecule has 3 heteroatoms. The number of aromatic nitrogens is 1. The number of nitrogens with zero attached hydrogens (tertiary/aromatic N) is 1. The first-order valence-corrected chi connectivity index (χ1v) is 9.73. The van der Waals surface area contributed by atoms with Crippen molar-refractivity contribution < 1.29 is 4.74 Å². The molecule has 0 amide bonds. The van der Waals surface area contributed by atoms with Gasteiger partial charge in [-0.2, -0.15) is 0 Å². The number of pyridine rings is 1. The lowest BCUT2D eigenvalue weighted by molar-refractivity contribution is 0.155. The number of rotatable bonds is 4. The molecule has 1 aliphatic rings. The Kier molecular flexibility index (Phi) is 5.10. The predicted molar refractivity (Wildman–Crippen MR) is 110 cm³/mol. The minimum absolute atomic E-state index is 0.0558. The van der Waals surface area contributed by atoms with Crippen LogP contribution in [0.2, 0.25) is 0 Å². The smallest absolute Gasteiger partial charge is 0.197 e. The molecule has 3 aromatic rings. The van der Waals surface area contributed by atoms with Gasteiger partial charge in [0.05, 0.1) is 6.10 Å². The maximum absolute atomic E-state index is 13.1. The van der Waals surface area contributed by atoms with Crippen LogP contribution in [-0.2, 0) is 7.05 Å². The average Bonchev–Trinajstić information content (AvgIpc) is 2.71. The lowest BCUT2D eigenvalue weighted by Gasteiger charge is -2.23. The molecule has 0 N–H and O–H groups in total. The Bertz CT molecular complexity index is 952. The highest BCUT2D eigenvalue weighted by atomic mass is 16.5. The molecule has 1 aromatic heterocycles. The van der Waals surface area contributed by atoms with E-state index in [1.165, 1.54) is 19.3 Å². The lowest BCUT2D eigenvalue weighted by Crippen LogP contribution is -2.19. The Morgan fingerprint density at radius 2 is 1.41 bits per heavy atom. The molecule has 1 saturated carbocycles. The molecular weight excluding hydrogens is 334 g/mol. The van der Waals surface area contributed by atoms with Gasteiger partial charge >= 0.3 is 0 Å². The summed E-state index contributed by atoms with van der Waals surface area (Å²) in [6.07, 6.45) is 10.2. The van der Waals surface area contributed by atoms with Gasteiger partial charge in [-0.1, -0.05) is 48.9 Å². The molecule has 1 heterocycles. The summed E-state index contributed by atoms with van der Waals surface area (Å²) in [5.74, 6) is 0.890. The van der Waals surface area contributed by atoms with Gasteiger partial charge in [-0.3, -0.25) is 4.79 Å². The van der Waals surface area contributed by atoms with Crippen molar-refractivity contribution in [3.8, 4) is 28.0 Å². The molecule has 1 aliphatic carbocycles. The molecule has 2 aromatic carbocycles. The molecule has 0 atom stereocenters. The Balaban J connectivity index is 1.63. The lowest BCUT2D eigenvalue weighted by atomic mass is 9.97. The first kappa shape index (κ1) is 17.6. The number of benzene rings is 2. The largest absolute Gasteiger partial charge is 0.490 e. The van der Waals surface area contributed by atoms with Gasteiger partial charge < -0.3 is 9.30 Å². The number of ether oxygens (including phenoxy) is 1. The molecule has 1 fully saturated rings. The van der Waals surface area contributed by atoms with Crippen LogP contribution in [-0.4, -0.2) is 10.7 Å². The molecule has 138 valence electrons. The van der Waals surface area contributed by atoms with Crippen molar-refractivity contribution in [3.05, 3.63) is 77.2 Å². The van der Waals surface area contributed by atoms with Crippen molar-refractivity contribution in [2.24, 2.45) is 7.05 Å². The summed E-state index contributed by atoms with van der Waals surface area (Å²) >= 11 is 0. The minimum Gasteiger partial charge on any atom is -0.490 e. The molecule has 27 heavy (non-hydrogen) atoms. The monoisotopic (exact) mass is 359 g/mol. The topological polar surface area (TPSA) is 31.2 Å². The third kappa shape index (κ3) is 3.97. The van der Waals surface area contributed by atoms with Crippen LogP contribution < -0.4 is 10.2 Å². The fourth-order valence-corrected chi connectivity index (χ4v) is 3.82. The molecule has 0 saturated heterocycles. The molecule has 0 unspecified atom stereocenters. The van der Waals surface area contributed by atoms with Gasteiger partial charge in [0.25, 0.3) is 0 Å². The van der Waals surface area contributed by atoms with E-state index in [4.69, 9.17) is 4.74 Å². The van der Waals surface area contributed by atoms with E-state index < -0.39 is 0 Å². The van der Waals surface area contributed by atoms with Gasteiger partial charge in [-0.15, -0.1) is 0 Å². The quantitative estimate of drug-likeness (QED) is 0.622. The molecule has 0 aliphatic heterocycles. The number of hydrogen-bond acceptors (Lipinski definition) is 2. The Hall–Kier alpha value is -2.81. The fourth-order valence-electron chi connectivity index (χ4n) is 3.82. The second kappa shape index (κ2) is 7.83. The fraction of sp³-hybridized carbons (Fsp3) is 0.292. The summed E-state index contributed by atoms with van der Waals surface area (Å²) < 4.78 is 8.06. The van der Waals surface area contributed by atoms with Crippen molar-refractivity contribution in [1.29, 1.82) is 0 Å². The summed E-state index contributed by atoms with van der Waals surface area (Å²) in [4.78, 5) is 13.1. The zero-order valence-electron chi connectivity index (χ0n) is 15.7. The highest BCUT2D eigenvalue weighted by molar-refractivity contribution is 5.72. The van der Waals surface area contributed by atoms with Gasteiger partial charge in [0.2, 0.25) is 0 Å². The van der Waals surface area contributed by atoms with E-state index in [0.717, 1.165) is 35.3 Å². The first-order valence-electron chi connectivity index (χ1n) is 9.73. The number of aryl methyl sites for hydroxylation is 1. The van der Waals surface area contributed by atoms with Gasteiger partial charge in [0.1, 0.15) is 5.75 Å². The van der Waals surface area contributed by atoms with Gasteiger partial charge in [-0.05, 0) is 48.9 Å². The Morgan fingerprint density at radius 1 is 0.815 bits per heavy atom. The van der Waals surface area contributed by atoms with Crippen molar-refractivity contribution in [3.63, 3.8) is 0 Å². The molecular formula is C24H25NO2. The maximum Gasteiger partial charge on any atom is 0.197 e. The van der Waals surface area contributed by atoms with E-state index in [1.807, 2.05) is 78.6 Å². The van der Waals surface area contributed by atoms with Crippen LogP contribution in [0.3, 0.4) is 0 Å². The maximum atomic E-state index is 13.1. The van der Waals surface area contributed by atoms with Crippen LogP contribution in [0, 0.1) is 0 Å². The van der Waals surface area contributed by atoms with Crippen LogP contribution >= 0.6 is 0 Å². The van der Waals surface area contributed by atoms with Gasteiger partial charge in [0, 0.05) is 30.6 Å². The van der Waals surface area contributed by atoms with Crippen LogP contribution in [0.5, 0.6) is 5.75 Å². The van der Waals surface area contributed by atoms with Crippen molar-refractivity contribution in [2.45, 2.75) is 38.2 Å². The summed E-state index contributed by atoms with van der Waals surface area (Å²) in [6.45, 7) is 0. The van der Waals surface area contributed by atoms with E-state index in [1.54, 1.807) is 0 Å². The standard InChI is InChI=1S/C24H25NO2/c1-25-16-22(18-8-4-2-5-9-18)24(26)23(17-25)19-12-14-21(15-13-19)27-20-10-6-3-7-11-20/h2,4-5,8-9,12-17,20H,3,6-7,10-11H2,1H3. The van der Waals surface area contributed by atoms with E-state index in [-0.39, 0.29) is 5.43 Å². The zero-order valence-corrected chi connectivity index (χ0v) is 15.7. The molecule has 3 nitrogen and oxygen atoms in total. The van der Waals surface area contributed by atoms with E-state index in [9.17, 15) is 4.79 Å². The third-order valence-electron chi connectivity index (χ3n) is 5.26. The Labute approximate surface area is 160 Å². The van der Waals surface area contributed by atoms with E-state index in [0.29, 0.717) is 11.7 Å². The summed E-state index contributed by atoms with van der Waals surface area (Å²) in [5, 5.41) is 0. The molecule has 0 bridgehead atoms. The predicted octanol–water partition coefficient (Wildman–Crippen LogP) is 5.43. The molecule has 0 radical (unpaired) electrons. The second-order valence-electron chi connectivity index (χ2n) is 7.35. The normalized spacial score (nSPS) is 14.9. The van der Waals surface area contributed by atoms with Gasteiger partial charge in [0.15, 0.2) is 5.43 Å². The van der Waals surface area contributed by atoms with Crippen LogP contribution in [0.4, 0.5) is 0 Å². The third-order valence-corrected chi connectivity index (χ3v) is 5.26. The SMILES string of the molecule is Cn1cc(-c2ccccc2)c(=O)c(-c2ccc(OC3CCCCC3)cc2)c1. The van der Waals surface area contributed by atoms with Crippen LogP contribution in [0.1, 0.15) is 32.1 Å². The Morgan fingerprint density at radius 3 is 2.04 bits per heavy atom. The summed E-state index contributed by atoms with van der Waals surface area (Å²) in [5.41, 5.74) is 3.35. The highest BCUT2D eigenvalue weighted by Crippen LogP contribution is 2.26. The van der Waals surface area contributed by atoms with Crippen molar-refractivity contribution in [2.75, 3.05) is 0 Å². The van der Waals surface area contributed by atoms with Crippen LogP contribution in [0.15, 0.2) is 71.8 Å². The summed E-state index contributed by atoms with van der Waals surface area (Å²) in [6, 6.07) is 17.8. The van der Waals surface area contributed by atoms with Crippen molar-refractivity contribution in [1.82, 2.24) is 4.57 Å². The van der Waals surface area contributed by atoms with E-state index in [2.05, 4.69) is 0 Å². The minimum atomic E-state index is 0.0558. The highest BCUT2D eigenvalue weighted by Gasteiger charge is 2.15. The first-order chi connectivity index (χ1) is 13.2. The second-order valence-corrected chi connectivity index (χ2v) is 7.35. The number of hydrogen-bond donors (Lipinski definition) is 0. The average molecular weight is 359 g/mol. The zero-order chi connectivity index (χ0) is 18.6.